The van der Waals surface area contributed by atoms with E-state index < -0.39 is 0 Å². The molecule has 1 fully saturated rings. The summed E-state index contributed by atoms with van der Waals surface area (Å²) >= 11 is 0. The van der Waals surface area contributed by atoms with Crippen molar-refractivity contribution in [2.75, 3.05) is 26.2 Å². The molecule has 3 heteroatoms. The number of carbonyl (C=O) groups excluding carboxylic acids is 1. The van der Waals surface area contributed by atoms with E-state index in [2.05, 4.69) is 31.0 Å². The van der Waals surface area contributed by atoms with Crippen molar-refractivity contribution in [3.8, 4) is 0 Å². The van der Waals surface area contributed by atoms with Crippen LogP contribution in [0.3, 0.4) is 0 Å². The van der Waals surface area contributed by atoms with Crippen molar-refractivity contribution in [1.29, 1.82) is 0 Å². The van der Waals surface area contributed by atoms with Crippen LogP contribution in [-0.4, -0.2) is 37.0 Å². The van der Waals surface area contributed by atoms with Gasteiger partial charge in [-0.1, -0.05) is 26.7 Å². The normalized spacial score (nSPS) is 19.4. The fourth-order valence-corrected chi connectivity index (χ4v) is 2.71. The van der Waals surface area contributed by atoms with Gasteiger partial charge in [-0.25, -0.2) is 0 Å². The van der Waals surface area contributed by atoms with Gasteiger partial charge in [-0.2, -0.15) is 0 Å². The van der Waals surface area contributed by atoms with Crippen LogP contribution in [0.5, 0.6) is 0 Å². The fourth-order valence-electron chi connectivity index (χ4n) is 2.71. The molecule has 1 unspecified atom stereocenters. The van der Waals surface area contributed by atoms with Crippen LogP contribution in [0.25, 0.3) is 0 Å². The van der Waals surface area contributed by atoms with E-state index in [0.29, 0.717) is 11.8 Å². The highest BCUT2D eigenvalue weighted by Gasteiger charge is 2.19. The molecule has 1 amide bonds. The van der Waals surface area contributed by atoms with E-state index in [1.54, 1.807) is 0 Å². The Kier molecular flexibility index (Phi) is 7.33. The molecule has 0 saturated carbocycles. The average Bonchev–Trinajstić information content (AvgIpc) is 2.90. The first-order valence-corrected chi connectivity index (χ1v) is 7.69. The van der Waals surface area contributed by atoms with Gasteiger partial charge in [-0.3, -0.25) is 4.79 Å². The molecular weight excluding hydrogens is 224 g/mol. The van der Waals surface area contributed by atoms with Gasteiger partial charge >= 0.3 is 0 Å². The lowest BCUT2D eigenvalue weighted by Gasteiger charge is -2.26. The van der Waals surface area contributed by atoms with Gasteiger partial charge < -0.3 is 10.2 Å². The molecule has 0 aromatic carbocycles. The van der Waals surface area contributed by atoms with Crippen molar-refractivity contribution in [3.05, 3.63) is 0 Å². The van der Waals surface area contributed by atoms with Gasteiger partial charge in [0.25, 0.3) is 0 Å². The standard InChI is InChI=1S/C15H30N2O/c1-4-13(5-2)12-17(6-3)15(18)8-7-14-9-10-16-11-14/h13-14,16H,4-12H2,1-3H3. The van der Waals surface area contributed by atoms with Gasteiger partial charge in [0, 0.05) is 19.5 Å². The van der Waals surface area contributed by atoms with Crippen LogP contribution in [0.4, 0.5) is 0 Å². The molecule has 0 aromatic rings. The molecule has 0 aliphatic carbocycles. The molecule has 0 bridgehead atoms. The van der Waals surface area contributed by atoms with Gasteiger partial charge in [0.05, 0.1) is 0 Å². The lowest BCUT2D eigenvalue weighted by Crippen LogP contribution is -2.35. The number of nitrogens with zero attached hydrogens (tertiary/aromatic N) is 1. The average molecular weight is 254 g/mol. The number of hydrogen-bond acceptors (Lipinski definition) is 2. The molecule has 3 nitrogen and oxygen atoms in total. The summed E-state index contributed by atoms with van der Waals surface area (Å²) in [6, 6.07) is 0. The lowest BCUT2D eigenvalue weighted by molar-refractivity contribution is -0.132. The second kappa shape index (κ2) is 8.52. The smallest absolute Gasteiger partial charge is 0.222 e. The molecule has 1 aliphatic heterocycles. The Morgan fingerprint density at radius 1 is 1.33 bits per heavy atom. The highest BCUT2D eigenvalue weighted by Crippen LogP contribution is 2.16. The monoisotopic (exact) mass is 254 g/mol. The zero-order valence-corrected chi connectivity index (χ0v) is 12.4. The third-order valence-electron chi connectivity index (χ3n) is 4.30. The summed E-state index contributed by atoms with van der Waals surface area (Å²) in [6.07, 6.45) is 5.39. The van der Waals surface area contributed by atoms with E-state index in [1.807, 2.05) is 0 Å². The zero-order chi connectivity index (χ0) is 13.4. The quantitative estimate of drug-likeness (QED) is 0.722. The van der Waals surface area contributed by atoms with Crippen molar-refractivity contribution in [2.45, 2.75) is 52.9 Å². The Morgan fingerprint density at radius 3 is 2.56 bits per heavy atom. The SMILES string of the molecule is CCC(CC)CN(CC)C(=O)CCC1CCNC1. The van der Waals surface area contributed by atoms with Gasteiger partial charge in [-0.15, -0.1) is 0 Å². The Bertz CT molecular complexity index is 233. The minimum Gasteiger partial charge on any atom is -0.343 e. The van der Waals surface area contributed by atoms with Crippen LogP contribution in [0.1, 0.15) is 52.9 Å². The first-order chi connectivity index (χ1) is 8.71. The van der Waals surface area contributed by atoms with Gasteiger partial charge in [0.2, 0.25) is 5.91 Å². The molecule has 1 saturated heterocycles. The molecular formula is C15H30N2O. The summed E-state index contributed by atoms with van der Waals surface area (Å²) in [7, 11) is 0. The third kappa shape index (κ3) is 4.97. The first-order valence-electron chi connectivity index (χ1n) is 7.69. The summed E-state index contributed by atoms with van der Waals surface area (Å²) in [5.74, 6) is 1.75. The molecule has 106 valence electrons. The Hall–Kier alpha value is -0.570. The Labute approximate surface area is 112 Å². The number of amides is 1. The van der Waals surface area contributed by atoms with Gasteiger partial charge in [-0.05, 0) is 44.7 Å². The fraction of sp³-hybridized carbons (Fsp3) is 0.933. The van der Waals surface area contributed by atoms with Crippen LogP contribution >= 0.6 is 0 Å². The maximum atomic E-state index is 12.2. The number of carbonyl (C=O) groups is 1. The van der Waals surface area contributed by atoms with Crippen molar-refractivity contribution in [3.63, 3.8) is 0 Å². The molecule has 1 N–H and O–H groups in total. The zero-order valence-electron chi connectivity index (χ0n) is 12.4. The van der Waals surface area contributed by atoms with Crippen molar-refractivity contribution < 1.29 is 4.79 Å². The van der Waals surface area contributed by atoms with E-state index in [9.17, 15) is 4.79 Å². The highest BCUT2D eigenvalue weighted by atomic mass is 16.2. The lowest BCUT2D eigenvalue weighted by atomic mass is 10.0. The number of hydrogen-bond donors (Lipinski definition) is 1. The predicted octanol–water partition coefficient (Wildman–Crippen LogP) is 2.66. The van der Waals surface area contributed by atoms with E-state index in [-0.39, 0.29) is 0 Å². The Balaban J connectivity index is 2.31. The maximum absolute atomic E-state index is 12.2. The van der Waals surface area contributed by atoms with Crippen LogP contribution in [0.15, 0.2) is 0 Å². The molecule has 1 atom stereocenters. The third-order valence-corrected chi connectivity index (χ3v) is 4.30. The molecule has 0 radical (unpaired) electrons. The predicted molar refractivity (Wildman–Crippen MR) is 76.5 cm³/mol. The molecule has 1 aliphatic rings. The molecule has 1 rings (SSSR count). The topological polar surface area (TPSA) is 32.3 Å². The van der Waals surface area contributed by atoms with Crippen LogP contribution in [0.2, 0.25) is 0 Å². The summed E-state index contributed by atoms with van der Waals surface area (Å²) in [4.78, 5) is 14.3. The van der Waals surface area contributed by atoms with Gasteiger partial charge in [0.1, 0.15) is 0 Å². The molecule has 1 heterocycles. The second-order valence-corrected chi connectivity index (χ2v) is 5.51. The highest BCUT2D eigenvalue weighted by molar-refractivity contribution is 5.76. The van der Waals surface area contributed by atoms with E-state index in [0.717, 1.165) is 44.9 Å². The summed E-state index contributed by atoms with van der Waals surface area (Å²) in [5.41, 5.74) is 0. The van der Waals surface area contributed by atoms with Crippen LogP contribution < -0.4 is 5.32 Å². The van der Waals surface area contributed by atoms with Crippen molar-refractivity contribution in [2.24, 2.45) is 11.8 Å². The summed E-state index contributed by atoms with van der Waals surface area (Å²) in [5, 5.41) is 3.36. The first kappa shape index (κ1) is 15.5. The molecule has 0 spiro atoms. The minimum absolute atomic E-state index is 0.358. The van der Waals surface area contributed by atoms with E-state index in [1.165, 1.54) is 19.3 Å². The van der Waals surface area contributed by atoms with E-state index in [4.69, 9.17) is 0 Å². The van der Waals surface area contributed by atoms with Crippen LogP contribution in [0, 0.1) is 11.8 Å². The number of rotatable bonds is 8. The second-order valence-electron chi connectivity index (χ2n) is 5.51. The van der Waals surface area contributed by atoms with Crippen molar-refractivity contribution >= 4 is 5.91 Å². The molecule has 0 aromatic heterocycles. The largest absolute Gasteiger partial charge is 0.343 e. The van der Waals surface area contributed by atoms with Gasteiger partial charge in [0.15, 0.2) is 0 Å². The number of nitrogens with one attached hydrogen (secondary N) is 1. The minimum atomic E-state index is 0.358. The summed E-state index contributed by atoms with van der Waals surface area (Å²) in [6.45, 7) is 10.6. The van der Waals surface area contributed by atoms with E-state index >= 15 is 0 Å². The van der Waals surface area contributed by atoms with Crippen molar-refractivity contribution in [1.82, 2.24) is 10.2 Å². The van der Waals surface area contributed by atoms with Crippen LogP contribution in [-0.2, 0) is 4.79 Å². The maximum Gasteiger partial charge on any atom is 0.222 e. The molecule has 18 heavy (non-hydrogen) atoms. The Morgan fingerprint density at radius 2 is 2.06 bits per heavy atom. The summed E-state index contributed by atoms with van der Waals surface area (Å²) < 4.78 is 0.